The van der Waals surface area contributed by atoms with Crippen LogP contribution in [0.2, 0.25) is 0 Å². The molecule has 3 N–H and O–H groups in total. The van der Waals surface area contributed by atoms with Gasteiger partial charge in [0.25, 0.3) is 5.91 Å². The molecule has 0 saturated carbocycles. The molecule has 0 aliphatic carbocycles. The van der Waals surface area contributed by atoms with Crippen LogP contribution in [-0.4, -0.2) is 48.9 Å². The second-order valence-corrected chi connectivity index (χ2v) is 7.54. The Labute approximate surface area is 188 Å². The number of amides is 5. The van der Waals surface area contributed by atoms with E-state index in [-0.39, 0.29) is 18.5 Å². The topological polar surface area (TPSA) is 122 Å². The zero-order chi connectivity index (χ0) is 24.3. The maximum atomic E-state index is 13.7. The van der Waals surface area contributed by atoms with Crippen molar-refractivity contribution in [2.45, 2.75) is 18.9 Å². The molecule has 0 bridgehead atoms. The summed E-state index contributed by atoms with van der Waals surface area (Å²) < 4.78 is 32.1. The van der Waals surface area contributed by atoms with Crippen LogP contribution in [-0.2, 0) is 19.9 Å². The third-order valence-electron chi connectivity index (χ3n) is 5.33. The molecule has 1 unspecified atom stereocenters. The van der Waals surface area contributed by atoms with Crippen molar-refractivity contribution in [1.29, 1.82) is 0 Å². The highest BCUT2D eigenvalue weighted by Crippen LogP contribution is 2.30. The minimum absolute atomic E-state index is 0.0236. The van der Waals surface area contributed by atoms with Crippen molar-refractivity contribution < 1.29 is 32.7 Å². The molecule has 9 nitrogen and oxygen atoms in total. The highest BCUT2D eigenvalue weighted by Gasteiger charge is 2.50. The lowest BCUT2D eigenvalue weighted by molar-refractivity contribution is -0.134. The minimum Gasteiger partial charge on any atom is -0.497 e. The van der Waals surface area contributed by atoms with Gasteiger partial charge in [-0.3, -0.25) is 19.3 Å². The fourth-order valence-corrected chi connectivity index (χ4v) is 3.45. The van der Waals surface area contributed by atoms with Crippen LogP contribution in [0.3, 0.4) is 0 Å². The third-order valence-corrected chi connectivity index (χ3v) is 5.33. The number of urea groups is 1. The van der Waals surface area contributed by atoms with E-state index < -0.39 is 47.5 Å². The zero-order valence-corrected chi connectivity index (χ0v) is 17.9. The molecular formula is C22H22F2N4O5. The molecule has 0 radical (unpaired) electrons. The Morgan fingerprint density at radius 3 is 2.36 bits per heavy atom. The van der Waals surface area contributed by atoms with Gasteiger partial charge in [-0.25, -0.2) is 13.6 Å². The lowest BCUT2D eigenvalue weighted by atomic mass is 9.92. The van der Waals surface area contributed by atoms with Gasteiger partial charge in [0.05, 0.1) is 7.11 Å². The Bertz CT molecular complexity index is 1110. The van der Waals surface area contributed by atoms with Crippen LogP contribution in [0, 0.1) is 11.6 Å². The van der Waals surface area contributed by atoms with Crippen LogP contribution < -0.4 is 20.7 Å². The Balaban J connectivity index is 1.84. The molecule has 1 aliphatic heterocycles. The van der Waals surface area contributed by atoms with Crippen molar-refractivity contribution in [3.8, 4) is 5.75 Å². The number of imide groups is 1. The molecule has 1 heterocycles. The second kappa shape index (κ2) is 9.23. The molecule has 5 amide bonds. The summed E-state index contributed by atoms with van der Waals surface area (Å²) in [6.45, 7) is 0.609. The molecule has 11 heteroatoms. The molecule has 1 saturated heterocycles. The van der Waals surface area contributed by atoms with Crippen LogP contribution in [0.4, 0.5) is 19.3 Å². The van der Waals surface area contributed by atoms with Crippen LogP contribution >= 0.6 is 0 Å². The first-order chi connectivity index (χ1) is 15.6. The highest BCUT2D eigenvalue weighted by molar-refractivity contribution is 6.10. The average molecular weight is 460 g/mol. The van der Waals surface area contributed by atoms with Crippen LogP contribution in [0.1, 0.15) is 18.9 Å². The summed E-state index contributed by atoms with van der Waals surface area (Å²) in [7, 11) is 1.48. The number of nitrogens with one attached hydrogen (secondary N) is 1. The number of primary amides is 1. The van der Waals surface area contributed by atoms with Crippen LogP contribution in [0.5, 0.6) is 5.75 Å². The first kappa shape index (κ1) is 23.6. The van der Waals surface area contributed by atoms with Crippen molar-refractivity contribution in [2.75, 3.05) is 25.1 Å². The molecule has 0 aromatic heterocycles. The fraction of sp³-hybridized carbons (Fsp3) is 0.273. The summed E-state index contributed by atoms with van der Waals surface area (Å²) in [4.78, 5) is 51.8. The molecule has 2 aromatic rings. The number of carbonyl (C=O) groups is 4. The van der Waals surface area contributed by atoms with Crippen molar-refractivity contribution in [3.05, 3.63) is 59.7 Å². The summed E-state index contributed by atoms with van der Waals surface area (Å²) in [6.07, 6.45) is -0.148. The summed E-state index contributed by atoms with van der Waals surface area (Å²) in [5.41, 5.74) is 3.95. The molecule has 3 rings (SSSR count). The molecule has 33 heavy (non-hydrogen) atoms. The zero-order valence-electron chi connectivity index (χ0n) is 17.9. The number of nitrogens with zero attached hydrogens (tertiary/aromatic N) is 2. The van der Waals surface area contributed by atoms with Gasteiger partial charge in [0, 0.05) is 18.7 Å². The normalized spacial score (nSPS) is 17.6. The number of ether oxygens (including phenoxy) is 1. The van der Waals surface area contributed by atoms with Crippen molar-refractivity contribution >= 4 is 29.4 Å². The lowest BCUT2D eigenvalue weighted by Gasteiger charge is -2.25. The Kier molecular flexibility index (Phi) is 6.61. The van der Waals surface area contributed by atoms with E-state index in [1.807, 2.05) is 0 Å². The maximum Gasteiger partial charge on any atom is 0.325 e. The summed E-state index contributed by atoms with van der Waals surface area (Å²) >= 11 is 0. The lowest BCUT2D eigenvalue weighted by Crippen LogP contribution is -2.45. The van der Waals surface area contributed by atoms with Crippen molar-refractivity contribution in [2.24, 2.45) is 5.73 Å². The summed E-state index contributed by atoms with van der Waals surface area (Å²) in [5.74, 6) is -3.84. The Hall–Kier alpha value is -4.02. The molecule has 2 aromatic carbocycles. The number of hydrogen-bond donors (Lipinski definition) is 2. The monoisotopic (exact) mass is 460 g/mol. The largest absolute Gasteiger partial charge is 0.497 e. The van der Waals surface area contributed by atoms with E-state index in [4.69, 9.17) is 10.5 Å². The summed E-state index contributed by atoms with van der Waals surface area (Å²) in [6, 6.07) is 8.34. The number of nitrogens with two attached hydrogens (primary N) is 1. The minimum atomic E-state index is -1.69. The standard InChI is InChI=1S/C22H22F2N4O5/c1-22(13-3-8-16(23)17(24)11-13)20(31)28(21(32)26-22)12-19(30)27(10-9-18(25)29)14-4-6-15(33-2)7-5-14/h3-8,11H,9-10,12H2,1-2H3,(H2,25,29)(H,26,32). The van der Waals surface area contributed by atoms with E-state index >= 15 is 0 Å². The first-order valence-electron chi connectivity index (χ1n) is 9.89. The molecule has 174 valence electrons. The molecule has 1 fully saturated rings. The number of anilines is 1. The highest BCUT2D eigenvalue weighted by atomic mass is 19.2. The fourth-order valence-electron chi connectivity index (χ4n) is 3.45. The van der Waals surface area contributed by atoms with Gasteiger partial charge in [0.1, 0.15) is 17.8 Å². The Morgan fingerprint density at radius 1 is 1.12 bits per heavy atom. The van der Waals surface area contributed by atoms with Crippen LogP contribution in [0.25, 0.3) is 0 Å². The van der Waals surface area contributed by atoms with E-state index in [9.17, 15) is 28.0 Å². The van der Waals surface area contributed by atoms with Gasteiger partial charge in [-0.1, -0.05) is 6.07 Å². The van der Waals surface area contributed by atoms with Gasteiger partial charge in [-0.15, -0.1) is 0 Å². The number of benzene rings is 2. The van der Waals surface area contributed by atoms with Gasteiger partial charge in [0.2, 0.25) is 11.8 Å². The number of rotatable bonds is 8. The van der Waals surface area contributed by atoms with E-state index in [0.717, 1.165) is 12.1 Å². The summed E-state index contributed by atoms with van der Waals surface area (Å²) in [5, 5.41) is 2.43. The second-order valence-electron chi connectivity index (χ2n) is 7.54. The molecular weight excluding hydrogens is 438 g/mol. The maximum absolute atomic E-state index is 13.7. The van der Waals surface area contributed by atoms with E-state index in [1.54, 1.807) is 24.3 Å². The quantitative estimate of drug-likeness (QED) is 0.580. The Morgan fingerprint density at radius 2 is 1.79 bits per heavy atom. The molecule has 0 spiro atoms. The predicted molar refractivity (Wildman–Crippen MR) is 113 cm³/mol. The first-order valence-corrected chi connectivity index (χ1v) is 9.89. The van der Waals surface area contributed by atoms with Gasteiger partial charge < -0.3 is 20.7 Å². The molecule has 1 aliphatic rings. The molecule has 1 atom stereocenters. The van der Waals surface area contributed by atoms with Gasteiger partial charge in [-0.2, -0.15) is 0 Å². The van der Waals surface area contributed by atoms with E-state index in [0.29, 0.717) is 16.3 Å². The van der Waals surface area contributed by atoms with Gasteiger partial charge in [-0.05, 0) is 48.9 Å². The van der Waals surface area contributed by atoms with Gasteiger partial charge >= 0.3 is 6.03 Å². The smallest absolute Gasteiger partial charge is 0.325 e. The number of methoxy groups -OCH3 is 1. The van der Waals surface area contributed by atoms with Crippen molar-refractivity contribution in [3.63, 3.8) is 0 Å². The number of hydrogen-bond acceptors (Lipinski definition) is 5. The SMILES string of the molecule is COc1ccc(N(CCC(N)=O)C(=O)CN2C(=O)NC(C)(c3ccc(F)c(F)c3)C2=O)cc1. The number of carbonyl (C=O) groups excluding carboxylic acids is 4. The van der Waals surface area contributed by atoms with Crippen molar-refractivity contribution in [1.82, 2.24) is 10.2 Å². The number of halogens is 2. The third kappa shape index (κ3) is 4.76. The van der Waals surface area contributed by atoms with E-state index in [2.05, 4.69) is 5.32 Å². The van der Waals surface area contributed by atoms with Gasteiger partial charge in [0.15, 0.2) is 11.6 Å². The van der Waals surface area contributed by atoms with E-state index in [1.165, 1.54) is 25.0 Å². The predicted octanol–water partition coefficient (Wildman–Crippen LogP) is 1.65. The van der Waals surface area contributed by atoms with Crippen LogP contribution in [0.15, 0.2) is 42.5 Å². The average Bonchev–Trinajstić information content (AvgIpc) is 2.99.